The van der Waals surface area contributed by atoms with Crippen LogP contribution in [0.15, 0.2) is 18.2 Å². The van der Waals surface area contributed by atoms with Gasteiger partial charge in [0.2, 0.25) is 0 Å². The SMILES string of the molecule is CC1(C)OB(c2cc(F)cc(CF)c2)OC1(C)C. The van der Waals surface area contributed by atoms with Gasteiger partial charge in [-0.1, -0.05) is 6.07 Å². The summed E-state index contributed by atoms with van der Waals surface area (Å²) in [4.78, 5) is 0. The molecule has 5 heteroatoms. The smallest absolute Gasteiger partial charge is 0.399 e. The average molecular weight is 254 g/mol. The Balaban J connectivity index is 2.32. The predicted octanol–water partition coefficient (Wildman–Crippen LogP) is 2.59. The first-order valence-corrected chi connectivity index (χ1v) is 5.96. The first-order valence-electron chi connectivity index (χ1n) is 5.96. The molecule has 0 N–H and O–H groups in total. The fraction of sp³-hybridized carbons (Fsp3) is 0.538. The molecule has 0 unspecified atom stereocenters. The summed E-state index contributed by atoms with van der Waals surface area (Å²) >= 11 is 0. The number of halogens is 2. The minimum Gasteiger partial charge on any atom is -0.399 e. The molecule has 1 fully saturated rings. The highest BCUT2D eigenvalue weighted by Gasteiger charge is 2.51. The van der Waals surface area contributed by atoms with Gasteiger partial charge in [-0.15, -0.1) is 0 Å². The molecule has 0 amide bonds. The maximum Gasteiger partial charge on any atom is 0.494 e. The Morgan fingerprint density at radius 3 is 2.11 bits per heavy atom. The van der Waals surface area contributed by atoms with Crippen LogP contribution in [0.25, 0.3) is 0 Å². The summed E-state index contributed by atoms with van der Waals surface area (Å²) in [5, 5.41) is 0. The fourth-order valence-corrected chi connectivity index (χ4v) is 1.87. The van der Waals surface area contributed by atoms with Gasteiger partial charge in [-0.2, -0.15) is 0 Å². The summed E-state index contributed by atoms with van der Waals surface area (Å²) in [6, 6.07) is 4.07. The molecule has 2 rings (SSSR count). The zero-order valence-corrected chi connectivity index (χ0v) is 11.1. The summed E-state index contributed by atoms with van der Waals surface area (Å²) in [7, 11) is -0.656. The molecule has 0 saturated carbocycles. The molecule has 0 atom stereocenters. The minimum atomic E-state index is -0.704. The van der Waals surface area contributed by atoms with Crippen LogP contribution < -0.4 is 5.46 Å². The third-order valence-electron chi connectivity index (χ3n) is 3.66. The molecule has 98 valence electrons. The van der Waals surface area contributed by atoms with E-state index in [1.54, 1.807) is 6.07 Å². The predicted molar refractivity (Wildman–Crippen MR) is 66.9 cm³/mol. The zero-order chi connectivity index (χ0) is 13.6. The lowest BCUT2D eigenvalue weighted by molar-refractivity contribution is 0.00578. The molecular formula is C13H17BF2O2. The summed E-state index contributed by atoms with van der Waals surface area (Å²) in [5.41, 5.74) is -0.166. The van der Waals surface area contributed by atoms with Gasteiger partial charge in [0.25, 0.3) is 0 Å². The quantitative estimate of drug-likeness (QED) is 0.755. The molecule has 18 heavy (non-hydrogen) atoms. The maximum atomic E-state index is 13.4. The second-order valence-corrected chi connectivity index (χ2v) is 5.61. The highest BCUT2D eigenvalue weighted by molar-refractivity contribution is 6.62. The molecule has 1 heterocycles. The van der Waals surface area contributed by atoms with Gasteiger partial charge in [-0.25, -0.2) is 8.78 Å². The topological polar surface area (TPSA) is 18.5 Å². The molecular weight excluding hydrogens is 237 g/mol. The third kappa shape index (κ3) is 2.29. The van der Waals surface area contributed by atoms with Gasteiger partial charge in [0.15, 0.2) is 0 Å². The van der Waals surface area contributed by atoms with Crippen LogP contribution in [-0.2, 0) is 16.0 Å². The molecule has 1 aliphatic rings. The Morgan fingerprint density at radius 1 is 1.06 bits per heavy atom. The first-order chi connectivity index (χ1) is 8.25. The van der Waals surface area contributed by atoms with Crippen molar-refractivity contribution in [3.8, 4) is 0 Å². The van der Waals surface area contributed by atoms with Gasteiger partial charge in [-0.3, -0.25) is 0 Å². The summed E-state index contributed by atoms with van der Waals surface area (Å²) in [5.74, 6) is -0.477. The van der Waals surface area contributed by atoms with Crippen LogP contribution in [-0.4, -0.2) is 18.3 Å². The molecule has 0 aliphatic carbocycles. The van der Waals surface area contributed by atoms with Crippen LogP contribution in [0.3, 0.4) is 0 Å². The van der Waals surface area contributed by atoms with E-state index in [1.165, 1.54) is 12.1 Å². The Labute approximate surface area is 106 Å². The summed E-state index contributed by atoms with van der Waals surface area (Å²) in [6.07, 6.45) is 0. The van der Waals surface area contributed by atoms with Crippen molar-refractivity contribution in [1.82, 2.24) is 0 Å². The lowest BCUT2D eigenvalue weighted by Crippen LogP contribution is -2.41. The highest BCUT2D eigenvalue weighted by Crippen LogP contribution is 2.36. The van der Waals surface area contributed by atoms with E-state index in [1.807, 2.05) is 27.7 Å². The van der Waals surface area contributed by atoms with Crippen LogP contribution in [0, 0.1) is 5.82 Å². The van der Waals surface area contributed by atoms with Gasteiger partial charge in [0.1, 0.15) is 12.5 Å². The number of rotatable bonds is 2. The van der Waals surface area contributed by atoms with E-state index in [0.29, 0.717) is 11.0 Å². The van der Waals surface area contributed by atoms with E-state index in [4.69, 9.17) is 9.31 Å². The van der Waals surface area contributed by atoms with Crippen LogP contribution in [0.5, 0.6) is 0 Å². The largest absolute Gasteiger partial charge is 0.494 e. The van der Waals surface area contributed by atoms with Crippen molar-refractivity contribution in [2.45, 2.75) is 45.6 Å². The Hall–Kier alpha value is -0.935. The second-order valence-electron chi connectivity index (χ2n) is 5.61. The molecule has 1 aliphatic heterocycles. The third-order valence-corrected chi connectivity index (χ3v) is 3.66. The molecule has 0 radical (unpaired) electrons. The lowest BCUT2D eigenvalue weighted by Gasteiger charge is -2.32. The standard InChI is InChI=1S/C13H17BF2O2/c1-12(2)13(3,4)18-14(17-12)10-5-9(8-15)6-11(16)7-10/h5-7H,8H2,1-4H3. The summed E-state index contributed by atoms with van der Waals surface area (Å²) < 4.78 is 37.6. The number of benzene rings is 1. The molecule has 0 spiro atoms. The second kappa shape index (κ2) is 4.32. The van der Waals surface area contributed by atoms with Crippen LogP contribution >= 0.6 is 0 Å². The van der Waals surface area contributed by atoms with E-state index < -0.39 is 30.8 Å². The van der Waals surface area contributed by atoms with E-state index >= 15 is 0 Å². The first kappa shape index (κ1) is 13.5. The average Bonchev–Trinajstić information content (AvgIpc) is 2.47. The number of hydrogen-bond acceptors (Lipinski definition) is 2. The Morgan fingerprint density at radius 2 is 1.61 bits per heavy atom. The van der Waals surface area contributed by atoms with Crippen molar-refractivity contribution in [2.75, 3.05) is 0 Å². The number of alkyl halides is 1. The van der Waals surface area contributed by atoms with Gasteiger partial charge in [0, 0.05) is 0 Å². The molecule has 0 aromatic heterocycles. The molecule has 0 bridgehead atoms. The van der Waals surface area contributed by atoms with Gasteiger partial charge >= 0.3 is 7.12 Å². The fourth-order valence-electron chi connectivity index (χ4n) is 1.87. The molecule has 1 saturated heterocycles. The Kier molecular flexibility index (Phi) is 3.24. The Bertz CT molecular complexity index is 444. The molecule has 1 aromatic rings. The minimum absolute atomic E-state index is 0.291. The monoisotopic (exact) mass is 254 g/mol. The number of hydrogen-bond donors (Lipinski definition) is 0. The van der Waals surface area contributed by atoms with Crippen molar-refractivity contribution in [3.63, 3.8) is 0 Å². The van der Waals surface area contributed by atoms with Gasteiger partial charge < -0.3 is 9.31 Å². The van der Waals surface area contributed by atoms with Gasteiger partial charge in [-0.05, 0) is 50.9 Å². The van der Waals surface area contributed by atoms with Crippen LogP contribution in [0.2, 0.25) is 0 Å². The maximum absolute atomic E-state index is 13.4. The van der Waals surface area contributed by atoms with Crippen molar-refractivity contribution in [1.29, 1.82) is 0 Å². The van der Waals surface area contributed by atoms with Crippen molar-refractivity contribution in [3.05, 3.63) is 29.6 Å². The normalized spacial score (nSPS) is 21.3. The summed E-state index contributed by atoms with van der Waals surface area (Å²) in [6.45, 7) is 6.97. The van der Waals surface area contributed by atoms with Gasteiger partial charge in [0.05, 0.1) is 11.2 Å². The molecule has 1 aromatic carbocycles. The van der Waals surface area contributed by atoms with E-state index in [0.717, 1.165) is 0 Å². The lowest BCUT2D eigenvalue weighted by atomic mass is 9.78. The van der Waals surface area contributed by atoms with Crippen molar-refractivity contribution in [2.24, 2.45) is 0 Å². The van der Waals surface area contributed by atoms with E-state index in [-0.39, 0.29) is 0 Å². The molecule has 2 nitrogen and oxygen atoms in total. The van der Waals surface area contributed by atoms with Crippen molar-refractivity contribution >= 4 is 12.6 Å². The van der Waals surface area contributed by atoms with Crippen LogP contribution in [0.4, 0.5) is 8.78 Å². The van der Waals surface area contributed by atoms with Crippen molar-refractivity contribution < 1.29 is 18.1 Å². The van der Waals surface area contributed by atoms with Crippen LogP contribution in [0.1, 0.15) is 33.3 Å². The zero-order valence-electron chi connectivity index (χ0n) is 11.1. The van der Waals surface area contributed by atoms with E-state index in [9.17, 15) is 8.78 Å². The van der Waals surface area contributed by atoms with E-state index in [2.05, 4.69) is 0 Å². The highest BCUT2D eigenvalue weighted by atomic mass is 19.1.